The van der Waals surface area contributed by atoms with Crippen LogP contribution in [0.1, 0.15) is 111 Å². The summed E-state index contributed by atoms with van der Waals surface area (Å²) in [6.45, 7) is 5.82. The topological polar surface area (TPSA) is 83.6 Å². The fourth-order valence-electron chi connectivity index (χ4n) is 2.65. The molecular weight excluding hydrogens is 350 g/mol. The van der Waals surface area contributed by atoms with Crippen molar-refractivity contribution in [2.75, 3.05) is 0 Å². The molecule has 4 heteroatoms. The summed E-state index contributed by atoms with van der Waals surface area (Å²) in [5.41, 5.74) is 5.09. The van der Waals surface area contributed by atoms with Gasteiger partial charge in [-0.3, -0.25) is 4.79 Å². The molecule has 2 unspecified atom stereocenters. The van der Waals surface area contributed by atoms with Gasteiger partial charge >= 0.3 is 0 Å². The zero-order chi connectivity index (χ0) is 21.5. The van der Waals surface area contributed by atoms with Crippen molar-refractivity contribution >= 4 is 5.91 Å². The number of carbonyl (C=O) groups excluding carboxylic acids is 1. The second kappa shape index (κ2) is 23.9. The van der Waals surface area contributed by atoms with Crippen LogP contribution in [0.3, 0.4) is 0 Å². The first-order chi connectivity index (χ1) is 13.5. The number of hydrogen-bond donors (Lipinski definition) is 3. The molecule has 166 valence electrons. The smallest absolute Gasteiger partial charge is 0.217 e. The van der Waals surface area contributed by atoms with Gasteiger partial charge in [0.05, 0.1) is 12.2 Å². The second-order valence-electron chi connectivity index (χ2n) is 7.54. The number of carbonyl (C=O) groups is 1. The molecule has 4 nitrogen and oxygen atoms in total. The molecule has 0 bridgehead atoms. The summed E-state index contributed by atoms with van der Waals surface area (Å²) in [4.78, 5) is 10.5. The number of nitrogens with two attached hydrogens (primary N) is 1. The molecule has 28 heavy (non-hydrogen) atoms. The van der Waals surface area contributed by atoms with Gasteiger partial charge in [-0.1, -0.05) is 76.7 Å². The van der Waals surface area contributed by atoms with E-state index < -0.39 is 12.2 Å². The average Bonchev–Trinajstić information content (AvgIpc) is 2.65. The Morgan fingerprint density at radius 1 is 0.821 bits per heavy atom. The SMILES string of the molecule is CCCC(O)C(C)O.CCCCC/C=C\C/C=C\CCCCCCCC(N)=O. The number of amides is 1. The van der Waals surface area contributed by atoms with E-state index in [1.165, 1.54) is 51.4 Å². The van der Waals surface area contributed by atoms with Gasteiger partial charge in [-0.2, -0.15) is 0 Å². The number of primary amides is 1. The molecule has 0 rings (SSSR count). The van der Waals surface area contributed by atoms with Crippen LogP contribution in [-0.2, 0) is 4.79 Å². The van der Waals surface area contributed by atoms with Crippen LogP contribution in [0.25, 0.3) is 0 Å². The highest BCUT2D eigenvalue weighted by atomic mass is 16.3. The molecule has 0 radical (unpaired) electrons. The minimum atomic E-state index is -0.574. The summed E-state index contributed by atoms with van der Waals surface area (Å²) in [6, 6.07) is 0. The van der Waals surface area contributed by atoms with Gasteiger partial charge in [0, 0.05) is 6.42 Å². The van der Waals surface area contributed by atoms with Gasteiger partial charge in [-0.05, 0) is 51.9 Å². The zero-order valence-electron chi connectivity index (χ0n) is 18.7. The first-order valence-electron chi connectivity index (χ1n) is 11.4. The van der Waals surface area contributed by atoms with Crippen LogP contribution < -0.4 is 5.73 Å². The van der Waals surface area contributed by atoms with Crippen molar-refractivity contribution < 1.29 is 15.0 Å². The Morgan fingerprint density at radius 2 is 1.36 bits per heavy atom. The lowest BCUT2D eigenvalue weighted by atomic mass is 10.1. The third kappa shape index (κ3) is 27.1. The Bertz CT molecular complexity index is 378. The zero-order valence-corrected chi connectivity index (χ0v) is 18.7. The quantitative estimate of drug-likeness (QED) is 0.214. The summed E-state index contributed by atoms with van der Waals surface area (Å²) in [6.07, 6.45) is 23.5. The van der Waals surface area contributed by atoms with Crippen LogP contribution in [0, 0.1) is 0 Å². The summed E-state index contributed by atoms with van der Waals surface area (Å²) in [5.74, 6) is -0.171. The second-order valence-corrected chi connectivity index (χ2v) is 7.54. The number of aliphatic hydroxyl groups excluding tert-OH is 2. The van der Waals surface area contributed by atoms with Gasteiger partial charge < -0.3 is 15.9 Å². The number of rotatable bonds is 17. The predicted molar refractivity (Wildman–Crippen MR) is 121 cm³/mol. The fourth-order valence-corrected chi connectivity index (χ4v) is 2.65. The summed E-state index contributed by atoms with van der Waals surface area (Å²) >= 11 is 0. The van der Waals surface area contributed by atoms with Crippen LogP contribution >= 0.6 is 0 Å². The molecule has 0 aromatic heterocycles. The van der Waals surface area contributed by atoms with Crippen LogP contribution in [0.5, 0.6) is 0 Å². The van der Waals surface area contributed by atoms with Crippen molar-refractivity contribution in [2.45, 2.75) is 123 Å². The third-order valence-corrected chi connectivity index (χ3v) is 4.52. The van der Waals surface area contributed by atoms with Gasteiger partial charge in [-0.15, -0.1) is 0 Å². The highest BCUT2D eigenvalue weighted by molar-refractivity contribution is 5.73. The summed E-state index contributed by atoms with van der Waals surface area (Å²) < 4.78 is 0. The molecule has 0 aromatic rings. The average molecular weight is 398 g/mol. The molecule has 0 saturated carbocycles. The van der Waals surface area contributed by atoms with Crippen LogP contribution in [0.2, 0.25) is 0 Å². The maximum atomic E-state index is 10.5. The molecule has 1 amide bonds. The van der Waals surface area contributed by atoms with E-state index in [0.29, 0.717) is 12.8 Å². The maximum absolute atomic E-state index is 10.5. The van der Waals surface area contributed by atoms with Crippen LogP contribution in [-0.4, -0.2) is 28.3 Å². The molecule has 0 heterocycles. The summed E-state index contributed by atoms with van der Waals surface area (Å²) in [5, 5.41) is 17.6. The lowest BCUT2D eigenvalue weighted by molar-refractivity contribution is -0.118. The van der Waals surface area contributed by atoms with E-state index in [1.807, 2.05) is 6.92 Å². The van der Waals surface area contributed by atoms with Crippen molar-refractivity contribution in [3.63, 3.8) is 0 Å². The van der Waals surface area contributed by atoms with Gasteiger partial charge in [0.1, 0.15) is 0 Å². The first kappa shape index (κ1) is 29.1. The molecule has 0 fully saturated rings. The third-order valence-electron chi connectivity index (χ3n) is 4.52. The number of hydrogen-bond acceptors (Lipinski definition) is 3. The Kier molecular flexibility index (Phi) is 24.8. The van der Waals surface area contributed by atoms with E-state index in [9.17, 15) is 4.79 Å². The van der Waals surface area contributed by atoms with Crippen molar-refractivity contribution in [1.82, 2.24) is 0 Å². The molecule has 0 saturated heterocycles. The predicted octanol–water partition coefficient (Wildman–Crippen LogP) is 5.81. The molecule has 0 aliphatic rings. The largest absolute Gasteiger partial charge is 0.391 e. The molecule has 0 aromatic carbocycles. The molecule has 0 aliphatic carbocycles. The Hall–Kier alpha value is -1.13. The normalized spacial score (nSPS) is 13.5. The number of aliphatic hydroxyl groups is 2. The highest BCUT2D eigenvalue weighted by Crippen LogP contribution is 2.07. The summed E-state index contributed by atoms with van der Waals surface area (Å²) in [7, 11) is 0. The lowest BCUT2D eigenvalue weighted by Crippen LogP contribution is -2.21. The van der Waals surface area contributed by atoms with E-state index in [1.54, 1.807) is 6.92 Å². The Balaban J connectivity index is 0. The van der Waals surface area contributed by atoms with Crippen molar-refractivity contribution in [2.24, 2.45) is 5.73 Å². The molecule has 0 spiro atoms. The maximum Gasteiger partial charge on any atom is 0.217 e. The van der Waals surface area contributed by atoms with Gasteiger partial charge in [0.15, 0.2) is 0 Å². The van der Waals surface area contributed by atoms with Gasteiger partial charge in [0.25, 0.3) is 0 Å². The van der Waals surface area contributed by atoms with E-state index in [2.05, 4.69) is 31.2 Å². The van der Waals surface area contributed by atoms with Gasteiger partial charge in [0.2, 0.25) is 5.91 Å². The Labute approximate surface area is 174 Å². The van der Waals surface area contributed by atoms with Crippen molar-refractivity contribution in [1.29, 1.82) is 0 Å². The van der Waals surface area contributed by atoms with Gasteiger partial charge in [-0.25, -0.2) is 0 Å². The standard InChI is InChI=1S/C18H33NO.C6H14O2/c1-2-3-4-5-6-7-8-9-10-11-12-13-14-15-16-17-18(19)20;1-3-4-6(8)5(2)7/h6-7,9-10H,2-5,8,11-17H2,1H3,(H2,19,20);5-8H,3-4H2,1-2H3/b7-6-,10-9-;. The molecule has 2 atom stereocenters. The monoisotopic (exact) mass is 397 g/mol. The molecule has 4 N–H and O–H groups in total. The minimum Gasteiger partial charge on any atom is -0.391 e. The Morgan fingerprint density at radius 3 is 1.82 bits per heavy atom. The highest BCUT2D eigenvalue weighted by Gasteiger charge is 2.07. The van der Waals surface area contributed by atoms with Crippen LogP contribution in [0.15, 0.2) is 24.3 Å². The van der Waals surface area contributed by atoms with E-state index in [0.717, 1.165) is 25.7 Å². The fraction of sp³-hybridized carbons (Fsp3) is 0.792. The van der Waals surface area contributed by atoms with E-state index in [-0.39, 0.29) is 5.91 Å². The molecular formula is C24H47NO3. The van der Waals surface area contributed by atoms with E-state index >= 15 is 0 Å². The minimum absolute atomic E-state index is 0.171. The van der Waals surface area contributed by atoms with E-state index in [4.69, 9.17) is 15.9 Å². The molecule has 0 aliphatic heterocycles. The number of unbranched alkanes of at least 4 members (excludes halogenated alkanes) is 8. The first-order valence-corrected chi connectivity index (χ1v) is 11.4. The number of allylic oxidation sites excluding steroid dienone is 4. The van der Waals surface area contributed by atoms with Crippen molar-refractivity contribution in [3.05, 3.63) is 24.3 Å². The lowest BCUT2D eigenvalue weighted by Gasteiger charge is -2.10. The van der Waals surface area contributed by atoms with Crippen molar-refractivity contribution in [3.8, 4) is 0 Å². The van der Waals surface area contributed by atoms with Crippen LogP contribution in [0.4, 0.5) is 0 Å².